The van der Waals surface area contributed by atoms with Gasteiger partial charge in [-0.2, -0.15) is 0 Å². The zero-order valence-electron chi connectivity index (χ0n) is 14.5. The molecule has 3 N–H and O–H groups in total. The summed E-state index contributed by atoms with van der Waals surface area (Å²) >= 11 is 0. The summed E-state index contributed by atoms with van der Waals surface area (Å²) in [6.07, 6.45) is 0. The number of hydrogen-bond acceptors (Lipinski definition) is 3. The van der Waals surface area contributed by atoms with E-state index < -0.39 is 0 Å². The first-order chi connectivity index (χ1) is 13.1. The molecule has 0 aromatic heterocycles. The summed E-state index contributed by atoms with van der Waals surface area (Å²) in [5.74, 6) is 0.664. The lowest BCUT2D eigenvalue weighted by Gasteiger charge is -2.12. The van der Waals surface area contributed by atoms with Crippen LogP contribution in [-0.2, 0) is 0 Å². The van der Waals surface area contributed by atoms with Gasteiger partial charge in [0, 0.05) is 0 Å². The first-order valence-corrected chi connectivity index (χ1v) is 8.62. The fraction of sp³-hybridized carbons (Fsp3) is 0. The van der Waals surface area contributed by atoms with Crippen LogP contribution >= 0.6 is 0 Å². The van der Waals surface area contributed by atoms with Crippen molar-refractivity contribution >= 4 is 0 Å². The molecular weight excluding hydrogens is 336 g/mol. The van der Waals surface area contributed by atoms with Crippen LogP contribution in [0.1, 0.15) is 0 Å². The van der Waals surface area contributed by atoms with Crippen molar-refractivity contribution in [2.45, 2.75) is 0 Å². The third-order valence-corrected chi connectivity index (χ3v) is 4.51. The fourth-order valence-corrected chi connectivity index (χ4v) is 3.12. The average molecular weight is 354 g/mol. The summed E-state index contributed by atoms with van der Waals surface area (Å²) in [7, 11) is 0. The Labute approximate surface area is 157 Å². The maximum absolute atomic E-state index is 9.85. The van der Waals surface area contributed by atoms with Gasteiger partial charge in [-0.15, -0.1) is 0 Å². The van der Waals surface area contributed by atoms with Gasteiger partial charge in [-0.1, -0.05) is 36.4 Å². The topological polar surface area (TPSA) is 60.7 Å². The third kappa shape index (κ3) is 3.62. The second kappa shape index (κ2) is 6.89. The molecule has 0 aliphatic rings. The van der Waals surface area contributed by atoms with Crippen LogP contribution in [0, 0.1) is 0 Å². The molecular formula is C24H18O3. The molecule has 0 unspecified atom stereocenters. The second-order valence-electron chi connectivity index (χ2n) is 6.44. The summed E-state index contributed by atoms with van der Waals surface area (Å²) in [4.78, 5) is 0. The Hall–Kier alpha value is -3.72. The van der Waals surface area contributed by atoms with E-state index in [0.29, 0.717) is 0 Å². The molecule has 0 atom stereocenters. The maximum atomic E-state index is 9.85. The molecule has 0 amide bonds. The first-order valence-electron chi connectivity index (χ1n) is 8.62. The van der Waals surface area contributed by atoms with Crippen molar-refractivity contribution in [3.63, 3.8) is 0 Å². The number of hydrogen-bond donors (Lipinski definition) is 3. The summed E-state index contributed by atoms with van der Waals surface area (Å²) in [5.41, 5.74) is 5.85. The van der Waals surface area contributed by atoms with Crippen LogP contribution in [0.2, 0.25) is 0 Å². The molecule has 0 saturated heterocycles. The molecule has 0 aliphatic heterocycles. The van der Waals surface area contributed by atoms with Crippen LogP contribution in [0.25, 0.3) is 33.4 Å². The largest absolute Gasteiger partial charge is 0.508 e. The Balaban J connectivity index is 1.90. The van der Waals surface area contributed by atoms with Gasteiger partial charge in [0.05, 0.1) is 0 Å². The molecule has 3 heteroatoms. The highest BCUT2D eigenvalue weighted by atomic mass is 16.3. The second-order valence-corrected chi connectivity index (χ2v) is 6.44. The number of aromatic hydroxyl groups is 3. The summed E-state index contributed by atoms with van der Waals surface area (Å²) in [6.45, 7) is 0. The van der Waals surface area contributed by atoms with Gasteiger partial charge in [-0.25, -0.2) is 0 Å². The molecule has 4 rings (SSSR count). The maximum Gasteiger partial charge on any atom is 0.116 e. The van der Waals surface area contributed by atoms with E-state index in [2.05, 4.69) is 18.2 Å². The normalized spacial score (nSPS) is 10.7. The Kier molecular flexibility index (Phi) is 4.27. The SMILES string of the molecule is Oc1ccc(-c2cc(-c3ccc(O)cc3)cc(-c3cccc(O)c3)c2)cc1. The minimum Gasteiger partial charge on any atom is -0.508 e. The highest BCUT2D eigenvalue weighted by molar-refractivity contribution is 5.81. The average Bonchev–Trinajstić information content (AvgIpc) is 2.69. The predicted molar refractivity (Wildman–Crippen MR) is 108 cm³/mol. The van der Waals surface area contributed by atoms with Crippen LogP contribution < -0.4 is 0 Å². The highest BCUT2D eigenvalue weighted by Crippen LogP contribution is 2.34. The Morgan fingerprint density at radius 3 is 1.22 bits per heavy atom. The third-order valence-electron chi connectivity index (χ3n) is 4.51. The lowest BCUT2D eigenvalue weighted by atomic mass is 9.93. The molecule has 0 bridgehead atoms. The van der Waals surface area contributed by atoms with E-state index in [1.807, 2.05) is 36.4 Å². The van der Waals surface area contributed by atoms with E-state index >= 15 is 0 Å². The lowest BCUT2D eigenvalue weighted by Crippen LogP contribution is -1.86. The van der Waals surface area contributed by atoms with Crippen LogP contribution in [0.3, 0.4) is 0 Å². The first kappa shape index (κ1) is 16.7. The molecule has 27 heavy (non-hydrogen) atoms. The Morgan fingerprint density at radius 2 is 0.778 bits per heavy atom. The molecule has 0 spiro atoms. The molecule has 0 aliphatic carbocycles. The minimum absolute atomic E-state index is 0.216. The van der Waals surface area contributed by atoms with Gasteiger partial charge in [0.1, 0.15) is 17.2 Å². The zero-order chi connectivity index (χ0) is 18.8. The van der Waals surface area contributed by atoms with Crippen molar-refractivity contribution in [3.8, 4) is 50.6 Å². The van der Waals surface area contributed by atoms with E-state index in [0.717, 1.165) is 33.4 Å². The van der Waals surface area contributed by atoms with Crippen molar-refractivity contribution in [1.82, 2.24) is 0 Å². The molecule has 132 valence electrons. The van der Waals surface area contributed by atoms with Gasteiger partial charge in [0.15, 0.2) is 0 Å². The van der Waals surface area contributed by atoms with Gasteiger partial charge < -0.3 is 15.3 Å². The number of rotatable bonds is 3. The minimum atomic E-state index is 0.216. The van der Waals surface area contributed by atoms with Crippen LogP contribution in [-0.4, -0.2) is 15.3 Å². The van der Waals surface area contributed by atoms with Gasteiger partial charge >= 0.3 is 0 Å². The quantitative estimate of drug-likeness (QED) is 0.435. The monoisotopic (exact) mass is 354 g/mol. The van der Waals surface area contributed by atoms with Crippen LogP contribution in [0.15, 0.2) is 91.0 Å². The zero-order valence-corrected chi connectivity index (χ0v) is 14.5. The van der Waals surface area contributed by atoms with Gasteiger partial charge in [-0.05, 0) is 88.0 Å². The summed E-state index contributed by atoms with van der Waals surface area (Å²) in [5, 5.41) is 29.0. The van der Waals surface area contributed by atoms with Crippen molar-refractivity contribution in [2.24, 2.45) is 0 Å². The van der Waals surface area contributed by atoms with Crippen LogP contribution in [0.5, 0.6) is 17.2 Å². The van der Waals surface area contributed by atoms with Crippen LogP contribution in [0.4, 0.5) is 0 Å². The van der Waals surface area contributed by atoms with Crippen molar-refractivity contribution < 1.29 is 15.3 Å². The number of benzene rings is 4. The molecule has 4 aromatic carbocycles. The van der Waals surface area contributed by atoms with E-state index in [1.165, 1.54) is 0 Å². The van der Waals surface area contributed by atoms with E-state index in [4.69, 9.17) is 0 Å². The molecule has 0 saturated carbocycles. The molecule has 0 radical (unpaired) electrons. The van der Waals surface area contributed by atoms with E-state index in [-0.39, 0.29) is 17.2 Å². The van der Waals surface area contributed by atoms with Gasteiger partial charge in [-0.3, -0.25) is 0 Å². The predicted octanol–water partition coefficient (Wildman–Crippen LogP) is 5.80. The fourth-order valence-electron chi connectivity index (χ4n) is 3.12. The highest BCUT2D eigenvalue weighted by Gasteiger charge is 2.08. The number of phenols is 3. The summed E-state index contributed by atoms with van der Waals surface area (Å²) in [6, 6.07) is 27.5. The Bertz CT molecular complexity index is 1020. The number of phenolic OH excluding ortho intramolecular Hbond substituents is 3. The summed E-state index contributed by atoms with van der Waals surface area (Å²) < 4.78 is 0. The molecule has 4 aromatic rings. The Morgan fingerprint density at radius 1 is 0.333 bits per heavy atom. The van der Waals surface area contributed by atoms with Crippen molar-refractivity contribution in [3.05, 3.63) is 91.0 Å². The molecule has 0 fully saturated rings. The van der Waals surface area contributed by atoms with E-state index in [9.17, 15) is 15.3 Å². The molecule has 0 heterocycles. The molecule has 3 nitrogen and oxygen atoms in total. The smallest absolute Gasteiger partial charge is 0.116 e. The van der Waals surface area contributed by atoms with Gasteiger partial charge in [0.2, 0.25) is 0 Å². The van der Waals surface area contributed by atoms with Gasteiger partial charge in [0.25, 0.3) is 0 Å². The van der Waals surface area contributed by atoms with Crippen molar-refractivity contribution in [2.75, 3.05) is 0 Å². The van der Waals surface area contributed by atoms with Crippen molar-refractivity contribution in [1.29, 1.82) is 0 Å². The van der Waals surface area contributed by atoms with E-state index in [1.54, 1.807) is 36.4 Å². The lowest BCUT2D eigenvalue weighted by molar-refractivity contribution is 0.475. The standard InChI is InChI=1S/C24H18O3/c25-22-8-4-16(5-9-22)19-12-20(17-6-10-23(26)11-7-17)14-21(13-19)18-2-1-3-24(27)15-18/h1-15,25-27H.